The third kappa shape index (κ3) is 6.60. The minimum atomic E-state index is -0.526. The molecule has 0 spiro atoms. The third-order valence-corrected chi connectivity index (χ3v) is 7.71. The van der Waals surface area contributed by atoms with Gasteiger partial charge in [0, 0.05) is 67.8 Å². The van der Waals surface area contributed by atoms with Crippen LogP contribution in [0.3, 0.4) is 0 Å². The molecular weight excluding hydrogens is 556 g/mol. The van der Waals surface area contributed by atoms with Crippen molar-refractivity contribution in [2.75, 3.05) is 61.5 Å². The number of ether oxygens (including phenoxy) is 1. The topological polar surface area (TPSA) is 120 Å². The fraction of sp³-hybridized carbons (Fsp3) is 0.300. The molecule has 2 N–H and O–H groups in total. The first-order chi connectivity index (χ1) is 20.3. The van der Waals surface area contributed by atoms with Crippen LogP contribution in [0.1, 0.15) is 33.6 Å². The maximum absolute atomic E-state index is 12.9. The molecule has 0 radical (unpaired) electrons. The molecule has 2 aliphatic heterocycles. The quantitative estimate of drug-likeness (QED) is 0.237. The normalized spacial score (nSPS) is 14.8. The predicted octanol–water partition coefficient (Wildman–Crippen LogP) is 4.29. The van der Waals surface area contributed by atoms with Crippen LogP contribution in [0.4, 0.5) is 22.7 Å². The molecule has 12 heteroatoms. The summed E-state index contributed by atoms with van der Waals surface area (Å²) in [4.78, 5) is 42.9. The number of piperazine rings is 1. The first-order valence-corrected chi connectivity index (χ1v) is 14.2. The maximum atomic E-state index is 12.9. The SMILES string of the molecule is COc1ccc(C(=O)N2CCN(c3ccc(NC(=S)NC(=O)c4ccc(N5CCCC5)c([N+](=O)[O-])c4)cc3)CC2)cc1. The first kappa shape index (κ1) is 28.8. The fourth-order valence-corrected chi connectivity index (χ4v) is 5.42. The first-order valence-electron chi connectivity index (χ1n) is 13.8. The zero-order valence-corrected chi connectivity index (χ0v) is 24.1. The number of rotatable bonds is 7. The summed E-state index contributed by atoms with van der Waals surface area (Å²) in [7, 11) is 1.59. The van der Waals surface area contributed by atoms with Gasteiger partial charge in [-0.25, -0.2) is 0 Å². The Morgan fingerprint density at radius 2 is 1.50 bits per heavy atom. The zero-order chi connectivity index (χ0) is 29.6. The van der Waals surface area contributed by atoms with Crippen molar-refractivity contribution in [2.45, 2.75) is 12.8 Å². The van der Waals surface area contributed by atoms with Gasteiger partial charge in [0.2, 0.25) is 0 Å². The van der Waals surface area contributed by atoms with Crippen molar-refractivity contribution in [1.82, 2.24) is 10.2 Å². The van der Waals surface area contributed by atoms with Gasteiger partial charge in [0.05, 0.1) is 12.0 Å². The van der Waals surface area contributed by atoms with Gasteiger partial charge in [-0.15, -0.1) is 0 Å². The maximum Gasteiger partial charge on any atom is 0.293 e. The van der Waals surface area contributed by atoms with Gasteiger partial charge in [-0.2, -0.15) is 0 Å². The van der Waals surface area contributed by atoms with E-state index in [0.29, 0.717) is 48.9 Å². The summed E-state index contributed by atoms with van der Waals surface area (Å²) in [6.07, 6.45) is 1.98. The molecule has 2 heterocycles. The molecule has 11 nitrogen and oxygen atoms in total. The fourth-order valence-electron chi connectivity index (χ4n) is 5.21. The molecule has 218 valence electrons. The summed E-state index contributed by atoms with van der Waals surface area (Å²) in [6, 6.07) is 19.3. The second-order valence-corrected chi connectivity index (χ2v) is 10.5. The van der Waals surface area contributed by atoms with Gasteiger partial charge >= 0.3 is 0 Å². The van der Waals surface area contributed by atoms with Gasteiger partial charge in [0.15, 0.2) is 5.11 Å². The van der Waals surface area contributed by atoms with E-state index in [9.17, 15) is 19.7 Å². The van der Waals surface area contributed by atoms with Crippen molar-refractivity contribution in [3.05, 3.63) is 88.0 Å². The lowest BCUT2D eigenvalue weighted by atomic mass is 10.1. The Morgan fingerprint density at radius 1 is 0.857 bits per heavy atom. The van der Waals surface area contributed by atoms with E-state index >= 15 is 0 Å². The highest BCUT2D eigenvalue weighted by Crippen LogP contribution is 2.31. The average molecular weight is 589 g/mol. The number of carbonyl (C=O) groups is 2. The van der Waals surface area contributed by atoms with Crippen molar-refractivity contribution >= 4 is 51.9 Å². The highest BCUT2D eigenvalue weighted by Gasteiger charge is 2.25. The van der Waals surface area contributed by atoms with E-state index in [1.54, 1.807) is 43.5 Å². The molecule has 0 bridgehead atoms. The highest BCUT2D eigenvalue weighted by molar-refractivity contribution is 7.80. The minimum Gasteiger partial charge on any atom is -0.497 e. The van der Waals surface area contributed by atoms with Gasteiger partial charge < -0.3 is 24.8 Å². The van der Waals surface area contributed by atoms with Crippen LogP contribution in [-0.4, -0.2) is 73.1 Å². The number of nitro groups is 1. The van der Waals surface area contributed by atoms with Gasteiger partial charge in [-0.1, -0.05) is 0 Å². The molecule has 3 aromatic carbocycles. The number of nitro benzene ring substituents is 1. The number of benzene rings is 3. The van der Waals surface area contributed by atoms with Crippen LogP contribution in [0.5, 0.6) is 5.75 Å². The number of methoxy groups -OCH3 is 1. The van der Waals surface area contributed by atoms with Crippen molar-refractivity contribution in [1.29, 1.82) is 0 Å². The predicted molar refractivity (Wildman–Crippen MR) is 166 cm³/mol. The summed E-state index contributed by atoms with van der Waals surface area (Å²) in [6.45, 7) is 4.15. The van der Waals surface area contributed by atoms with Crippen LogP contribution in [0.2, 0.25) is 0 Å². The average Bonchev–Trinajstić information content (AvgIpc) is 3.56. The molecule has 42 heavy (non-hydrogen) atoms. The third-order valence-electron chi connectivity index (χ3n) is 7.50. The molecule has 0 atom stereocenters. The van der Waals surface area contributed by atoms with E-state index in [1.165, 1.54) is 6.07 Å². The van der Waals surface area contributed by atoms with Crippen molar-refractivity contribution in [3.63, 3.8) is 0 Å². The molecule has 2 amide bonds. The lowest BCUT2D eigenvalue weighted by Crippen LogP contribution is -2.48. The van der Waals surface area contributed by atoms with Crippen LogP contribution >= 0.6 is 12.2 Å². The number of anilines is 3. The second-order valence-electron chi connectivity index (χ2n) is 10.1. The van der Waals surface area contributed by atoms with E-state index < -0.39 is 10.8 Å². The number of hydrogen-bond acceptors (Lipinski definition) is 8. The van der Waals surface area contributed by atoms with Crippen LogP contribution in [0, 0.1) is 10.1 Å². The van der Waals surface area contributed by atoms with E-state index in [1.807, 2.05) is 34.1 Å². The van der Waals surface area contributed by atoms with Crippen molar-refractivity contribution in [2.24, 2.45) is 0 Å². The molecule has 5 rings (SSSR count). The molecule has 0 saturated carbocycles. The summed E-state index contributed by atoms with van der Waals surface area (Å²) < 4.78 is 5.17. The minimum absolute atomic E-state index is 0.00421. The van der Waals surface area contributed by atoms with Crippen molar-refractivity contribution < 1.29 is 19.2 Å². The standard InChI is InChI=1S/C30H32N6O5S/c1-41-25-11-4-21(5-12-25)29(38)35-18-16-33(17-19-35)24-9-7-23(8-10-24)31-30(42)32-28(37)22-6-13-26(27(20-22)36(39)40)34-14-2-3-15-34/h4-13,20H,2-3,14-19H2,1H3,(H2,31,32,37,42). The van der Waals surface area contributed by atoms with E-state index in [4.69, 9.17) is 17.0 Å². The number of nitrogens with one attached hydrogen (secondary N) is 2. The summed E-state index contributed by atoms with van der Waals surface area (Å²) in [5.41, 5.74) is 2.93. The van der Waals surface area contributed by atoms with E-state index in [-0.39, 0.29) is 22.3 Å². The lowest BCUT2D eigenvalue weighted by Gasteiger charge is -2.36. The van der Waals surface area contributed by atoms with Gasteiger partial charge in [-0.3, -0.25) is 25.0 Å². The molecule has 0 aromatic heterocycles. The summed E-state index contributed by atoms with van der Waals surface area (Å²) in [5, 5.41) is 17.4. The Bertz CT molecular complexity index is 1470. The molecule has 2 saturated heterocycles. The molecule has 0 aliphatic carbocycles. The Hall–Kier alpha value is -4.71. The number of carbonyl (C=O) groups excluding carboxylic acids is 2. The second kappa shape index (κ2) is 12.9. The van der Waals surface area contributed by atoms with Gasteiger partial charge in [-0.05, 0) is 85.7 Å². The Morgan fingerprint density at radius 3 is 2.12 bits per heavy atom. The van der Waals surface area contributed by atoms with Crippen LogP contribution in [0.25, 0.3) is 0 Å². The smallest absolute Gasteiger partial charge is 0.293 e. The zero-order valence-electron chi connectivity index (χ0n) is 23.2. The van der Waals surface area contributed by atoms with Gasteiger partial charge in [0.1, 0.15) is 11.4 Å². The molecule has 3 aromatic rings. The van der Waals surface area contributed by atoms with Gasteiger partial charge in [0.25, 0.3) is 17.5 Å². The Kier molecular flexibility index (Phi) is 8.82. The Balaban J connectivity index is 1.13. The van der Waals surface area contributed by atoms with E-state index in [2.05, 4.69) is 15.5 Å². The monoisotopic (exact) mass is 588 g/mol. The summed E-state index contributed by atoms with van der Waals surface area (Å²) >= 11 is 5.32. The number of thiocarbonyl (C=S) groups is 1. The number of nitrogens with zero attached hydrogens (tertiary/aromatic N) is 4. The van der Waals surface area contributed by atoms with Crippen LogP contribution in [0.15, 0.2) is 66.7 Å². The Labute approximate surface area is 249 Å². The van der Waals surface area contributed by atoms with Crippen LogP contribution < -0.4 is 25.2 Å². The molecule has 2 fully saturated rings. The largest absolute Gasteiger partial charge is 0.497 e. The molecule has 2 aliphatic rings. The molecular formula is C30H32N6O5S. The highest BCUT2D eigenvalue weighted by atomic mass is 32.1. The number of hydrogen-bond donors (Lipinski definition) is 2. The van der Waals surface area contributed by atoms with E-state index in [0.717, 1.165) is 31.6 Å². The molecule has 0 unspecified atom stereocenters. The lowest BCUT2D eigenvalue weighted by molar-refractivity contribution is -0.384. The van der Waals surface area contributed by atoms with Crippen LogP contribution in [-0.2, 0) is 0 Å². The van der Waals surface area contributed by atoms with Crippen molar-refractivity contribution in [3.8, 4) is 5.75 Å². The number of amides is 2. The summed E-state index contributed by atoms with van der Waals surface area (Å²) in [5.74, 6) is 0.193.